The molecule has 0 radical (unpaired) electrons. The zero-order valence-electron chi connectivity index (χ0n) is 15.3. The van der Waals surface area contributed by atoms with Gasteiger partial charge in [0, 0.05) is 18.4 Å². The van der Waals surface area contributed by atoms with Gasteiger partial charge in [0.05, 0.1) is 24.8 Å². The summed E-state index contributed by atoms with van der Waals surface area (Å²) in [7, 11) is 1.54. The highest BCUT2D eigenvalue weighted by Gasteiger charge is 2.21. The van der Waals surface area contributed by atoms with Crippen LogP contribution < -0.4 is 9.64 Å². The Hall–Kier alpha value is -3.39. The van der Waals surface area contributed by atoms with Gasteiger partial charge in [-0.1, -0.05) is 12.1 Å². The third kappa shape index (κ3) is 4.66. The van der Waals surface area contributed by atoms with Crippen LogP contribution in [-0.4, -0.2) is 24.0 Å². The van der Waals surface area contributed by atoms with Crippen molar-refractivity contribution in [3.63, 3.8) is 0 Å². The molecule has 0 fully saturated rings. The summed E-state index contributed by atoms with van der Waals surface area (Å²) < 4.78 is 15.6. The lowest BCUT2D eigenvalue weighted by molar-refractivity contribution is -0.139. The van der Waals surface area contributed by atoms with Crippen molar-refractivity contribution in [1.29, 1.82) is 0 Å². The number of methoxy groups -OCH3 is 1. The molecule has 3 aromatic rings. The van der Waals surface area contributed by atoms with E-state index in [1.54, 1.807) is 36.8 Å². The lowest BCUT2D eigenvalue weighted by Crippen LogP contribution is -2.23. The van der Waals surface area contributed by atoms with E-state index in [0.717, 1.165) is 0 Å². The maximum atomic E-state index is 12.2. The van der Waals surface area contributed by atoms with E-state index in [1.165, 1.54) is 41.6 Å². The number of anilines is 2. The molecule has 144 valence electrons. The Kier molecular flexibility index (Phi) is 6.23. The van der Waals surface area contributed by atoms with Crippen molar-refractivity contribution in [3.8, 4) is 5.75 Å². The molecule has 0 atom stereocenters. The Morgan fingerprint density at radius 2 is 2.07 bits per heavy atom. The average molecular weight is 398 g/mol. The Balaban J connectivity index is 1.69. The summed E-state index contributed by atoms with van der Waals surface area (Å²) in [6, 6.07) is 10.6. The van der Waals surface area contributed by atoms with Gasteiger partial charge in [-0.15, -0.1) is 11.3 Å². The molecule has 0 spiro atoms. The number of nitrogens with zero attached hydrogens (tertiary/aromatic N) is 2. The first-order chi connectivity index (χ1) is 13.6. The predicted molar refractivity (Wildman–Crippen MR) is 105 cm³/mol. The number of amides is 1. The average Bonchev–Trinajstić information content (AvgIpc) is 3.37. The van der Waals surface area contributed by atoms with Crippen molar-refractivity contribution in [1.82, 2.24) is 4.98 Å². The van der Waals surface area contributed by atoms with Gasteiger partial charge in [0.2, 0.25) is 5.91 Å². The van der Waals surface area contributed by atoms with Crippen LogP contribution in [0.15, 0.2) is 58.5 Å². The van der Waals surface area contributed by atoms with E-state index < -0.39 is 5.97 Å². The fourth-order valence-electron chi connectivity index (χ4n) is 2.42. The van der Waals surface area contributed by atoms with Crippen molar-refractivity contribution >= 4 is 40.1 Å². The second kappa shape index (κ2) is 9.01. The first kappa shape index (κ1) is 19.4. The molecule has 1 amide bonds. The van der Waals surface area contributed by atoms with Crippen LogP contribution in [0.2, 0.25) is 0 Å². The Morgan fingerprint density at radius 3 is 2.79 bits per heavy atom. The Labute approximate surface area is 165 Å². The molecule has 1 aromatic carbocycles. The maximum absolute atomic E-state index is 12.2. The molecule has 0 bridgehead atoms. The molecule has 28 heavy (non-hydrogen) atoms. The molecule has 3 rings (SSSR count). The summed E-state index contributed by atoms with van der Waals surface area (Å²) >= 11 is 1.28. The number of carbonyl (C=O) groups is 2. The highest BCUT2D eigenvalue weighted by atomic mass is 32.1. The second-order valence-electron chi connectivity index (χ2n) is 5.60. The molecule has 7 nitrogen and oxygen atoms in total. The Morgan fingerprint density at radius 1 is 1.25 bits per heavy atom. The second-order valence-corrected chi connectivity index (χ2v) is 6.44. The summed E-state index contributed by atoms with van der Waals surface area (Å²) in [5.74, 6) is 0.397. The number of carbonyl (C=O) groups excluding carboxylic acids is 2. The van der Waals surface area contributed by atoms with Gasteiger partial charge in [-0.05, 0) is 30.3 Å². The van der Waals surface area contributed by atoms with Gasteiger partial charge in [-0.3, -0.25) is 9.69 Å². The number of hydrogen-bond donors (Lipinski definition) is 0. The summed E-state index contributed by atoms with van der Waals surface area (Å²) in [4.78, 5) is 29.9. The lowest BCUT2D eigenvalue weighted by Gasteiger charge is -2.20. The van der Waals surface area contributed by atoms with E-state index >= 15 is 0 Å². The topological polar surface area (TPSA) is 81.9 Å². The summed E-state index contributed by atoms with van der Waals surface area (Å²) in [6.07, 6.45) is 4.32. The Bertz CT molecular complexity index is 978. The SMILES string of the molecule is COc1ccccc1N(C(C)=O)c1nc(COC(=O)/C=C/c2ccco2)cs1. The number of thiazole rings is 1. The maximum Gasteiger partial charge on any atom is 0.331 e. The first-order valence-electron chi connectivity index (χ1n) is 8.35. The van der Waals surface area contributed by atoms with Gasteiger partial charge in [0.1, 0.15) is 18.1 Å². The van der Waals surface area contributed by atoms with Crippen molar-refractivity contribution in [2.45, 2.75) is 13.5 Å². The number of esters is 1. The van der Waals surface area contributed by atoms with Crippen LogP contribution in [0, 0.1) is 0 Å². The lowest BCUT2D eigenvalue weighted by atomic mass is 10.2. The molecule has 2 heterocycles. The van der Waals surface area contributed by atoms with Gasteiger partial charge in [-0.25, -0.2) is 9.78 Å². The minimum atomic E-state index is -0.515. The molecule has 0 aliphatic rings. The molecular weight excluding hydrogens is 380 g/mol. The van der Waals surface area contributed by atoms with E-state index in [9.17, 15) is 9.59 Å². The van der Waals surface area contributed by atoms with Crippen LogP contribution in [0.5, 0.6) is 5.75 Å². The number of ether oxygens (including phenoxy) is 2. The van der Waals surface area contributed by atoms with Gasteiger partial charge >= 0.3 is 5.97 Å². The third-order valence-electron chi connectivity index (χ3n) is 3.66. The predicted octanol–water partition coefficient (Wildman–Crippen LogP) is 4.19. The van der Waals surface area contributed by atoms with E-state index in [1.807, 2.05) is 12.1 Å². The smallest absolute Gasteiger partial charge is 0.331 e. The van der Waals surface area contributed by atoms with Crippen molar-refractivity contribution in [2.24, 2.45) is 0 Å². The summed E-state index contributed by atoms with van der Waals surface area (Å²) in [6.45, 7) is 1.45. The standard InChI is InChI=1S/C20H18N2O5S/c1-14(23)22(17-7-3-4-8-18(17)25-2)20-21-15(13-28-20)12-27-19(24)10-9-16-6-5-11-26-16/h3-11,13H,12H2,1-2H3/b10-9+. The molecule has 0 N–H and O–H groups in total. The molecular formula is C20H18N2O5S. The number of hydrogen-bond acceptors (Lipinski definition) is 7. The number of rotatable bonds is 7. The van der Waals surface area contributed by atoms with Crippen molar-refractivity contribution < 1.29 is 23.5 Å². The highest BCUT2D eigenvalue weighted by molar-refractivity contribution is 7.14. The minimum Gasteiger partial charge on any atom is -0.495 e. The number of benzene rings is 1. The van der Waals surface area contributed by atoms with Gasteiger partial charge in [0.15, 0.2) is 5.13 Å². The van der Waals surface area contributed by atoms with Crippen LogP contribution in [-0.2, 0) is 20.9 Å². The number of furan rings is 1. The van der Waals surface area contributed by atoms with E-state index in [0.29, 0.717) is 28.0 Å². The van der Waals surface area contributed by atoms with E-state index in [4.69, 9.17) is 13.9 Å². The largest absolute Gasteiger partial charge is 0.495 e. The number of aromatic nitrogens is 1. The van der Waals surface area contributed by atoms with Crippen LogP contribution in [0.4, 0.5) is 10.8 Å². The van der Waals surface area contributed by atoms with Crippen LogP contribution in [0.25, 0.3) is 6.08 Å². The minimum absolute atomic E-state index is 0.00447. The zero-order chi connectivity index (χ0) is 19.9. The highest BCUT2D eigenvalue weighted by Crippen LogP contribution is 2.35. The van der Waals surface area contributed by atoms with Crippen LogP contribution in [0.1, 0.15) is 18.4 Å². The summed E-state index contributed by atoms with van der Waals surface area (Å²) in [5, 5.41) is 2.21. The number of para-hydroxylation sites is 2. The fourth-order valence-corrected chi connectivity index (χ4v) is 3.28. The molecule has 0 aliphatic heterocycles. The van der Waals surface area contributed by atoms with Gasteiger partial charge in [0.25, 0.3) is 0 Å². The van der Waals surface area contributed by atoms with Crippen LogP contribution >= 0.6 is 11.3 Å². The zero-order valence-corrected chi connectivity index (χ0v) is 16.1. The van der Waals surface area contributed by atoms with E-state index in [2.05, 4.69) is 4.98 Å². The quantitative estimate of drug-likeness (QED) is 0.438. The normalized spacial score (nSPS) is 10.8. The fraction of sp³-hybridized carbons (Fsp3) is 0.150. The summed E-state index contributed by atoms with van der Waals surface area (Å²) in [5.41, 5.74) is 1.14. The first-order valence-corrected chi connectivity index (χ1v) is 9.23. The molecule has 0 saturated carbocycles. The molecule has 8 heteroatoms. The third-order valence-corrected chi connectivity index (χ3v) is 4.54. The molecule has 2 aromatic heterocycles. The monoisotopic (exact) mass is 398 g/mol. The van der Waals surface area contributed by atoms with Crippen LogP contribution in [0.3, 0.4) is 0 Å². The van der Waals surface area contributed by atoms with Crippen molar-refractivity contribution in [2.75, 3.05) is 12.0 Å². The van der Waals surface area contributed by atoms with Gasteiger partial charge in [-0.2, -0.15) is 0 Å². The van der Waals surface area contributed by atoms with E-state index in [-0.39, 0.29) is 12.5 Å². The molecule has 0 unspecified atom stereocenters. The molecule has 0 saturated heterocycles. The molecule has 0 aliphatic carbocycles. The van der Waals surface area contributed by atoms with Crippen molar-refractivity contribution in [3.05, 3.63) is 65.6 Å². The van der Waals surface area contributed by atoms with Gasteiger partial charge < -0.3 is 13.9 Å².